The molecule has 0 unspecified atom stereocenters. The Bertz CT molecular complexity index is 733. The van der Waals surface area contributed by atoms with Crippen LogP contribution in [0.1, 0.15) is 79.7 Å². The zero-order valence-electron chi connectivity index (χ0n) is 20.5. The Hall–Kier alpha value is -2.57. The van der Waals surface area contributed by atoms with Crippen molar-refractivity contribution in [3.05, 3.63) is 35.9 Å². The molecule has 7 heteroatoms. The van der Waals surface area contributed by atoms with Crippen molar-refractivity contribution < 1.29 is 28.6 Å². The lowest BCUT2D eigenvalue weighted by Gasteiger charge is -2.28. The summed E-state index contributed by atoms with van der Waals surface area (Å²) in [5.74, 6) is -1.56. The smallest absolute Gasteiger partial charge is 0.408 e. The van der Waals surface area contributed by atoms with E-state index in [4.69, 9.17) is 14.2 Å². The number of rotatable bonds is 10. The summed E-state index contributed by atoms with van der Waals surface area (Å²) < 4.78 is 16.3. The van der Waals surface area contributed by atoms with Crippen LogP contribution in [0, 0.1) is 5.92 Å². The van der Waals surface area contributed by atoms with Gasteiger partial charge in [-0.3, -0.25) is 4.79 Å². The average Bonchev–Trinajstić information content (AvgIpc) is 2.66. The van der Waals surface area contributed by atoms with Crippen molar-refractivity contribution in [2.75, 3.05) is 0 Å². The number of nitrogens with one attached hydrogen (secondary N) is 1. The second-order valence-electron chi connectivity index (χ2n) is 9.90. The third-order valence-corrected chi connectivity index (χ3v) is 4.36. The summed E-state index contributed by atoms with van der Waals surface area (Å²) in [7, 11) is 0. The van der Waals surface area contributed by atoms with E-state index in [0.29, 0.717) is 6.42 Å². The maximum atomic E-state index is 12.8. The molecule has 1 amide bonds. The summed E-state index contributed by atoms with van der Waals surface area (Å²) in [6, 6.07) is 8.20. The molecule has 7 nitrogen and oxygen atoms in total. The number of alkyl carbamates (subject to hydrolysis) is 1. The maximum absolute atomic E-state index is 12.8. The molecule has 0 aliphatic heterocycles. The van der Waals surface area contributed by atoms with Crippen LogP contribution in [-0.4, -0.2) is 35.3 Å². The molecule has 0 aliphatic carbocycles. The fraction of sp³-hybridized carbons (Fsp3) is 0.640. The zero-order chi connectivity index (χ0) is 24.4. The van der Waals surface area contributed by atoms with Gasteiger partial charge in [-0.05, 0) is 59.9 Å². The van der Waals surface area contributed by atoms with Gasteiger partial charge in [0.2, 0.25) is 0 Å². The first-order valence-corrected chi connectivity index (χ1v) is 11.2. The van der Waals surface area contributed by atoms with Gasteiger partial charge in [-0.2, -0.15) is 0 Å². The highest BCUT2D eigenvalue weighted by Gasteiger charge is 2.34. The van der Waals surface area contributed by atoms with E-state index < -0.39 is 35.2 Å². The molecule has 0 spiro atoms. The van der Waals surface area contributed by atoms with Gasteiger partial charge < -0.3 is 19.5 Å². The molecule has 180 valence electrons. The molecule has 0 saturated carbocycles. The van der Waals surface area contributed by atoms with E-state index in [9.17, 15) is 14.4 Å². The van der Waals surface area contributed by atoms with Crippen LogP contribution in [0.15, 0.2) is 30.3 Å². The Balaban J connectivity index is 2.94. The largest absolute Gasteiger partial charge is 0.460 e. The average molecular weight is 450 g/mol. The SMILES string of the molecule is CCCC[C@@H](C[C@H](NC(=O)OCc1ccccc1)C(=O)OC(C)(C)C)C(=O)OC(C)(C)C. The van der Waals surface area contributed by atoms with Crippen molar-refractivity contribution in [3.63, 3.8) is 0 Å². The van der Waals surface area contributed by atoms with Gasteiger partial charge in [0, 0.05) is 0 Å². The minimum absolute atomic E-state index is 0.0685. The lowest BCUT2D eigenvalue weighted by molar-refractivity contribution is -0.162. The van der Waals surface area contributed by atoms with Crippen LogP contribution in [0.25, 0.3) is 0 Å². The van der Waals surface area contributed by atoms with Crippen molar-refractivity contribution in [2.45, 2.75) is 98.0 Å². The molecule has 1 rings (SSSR count). The van der Waals surface area contributed by atoms with Gasteiger partial charge >= 0.3 is 18.0 Å². The fourth-order valence-corrected chi connectivity index (χ4v) is 2.95. The van der Waals surface area contributed by atoms with Crippen LogP contribution in [-0.2, 0) is 30.4 Å². The Morgan fingerprint density at radius 2 is 1.47 bits per heavy atom. The van der Waals surface area contributed by atoms with E-state index in [1.807, 2.05) is 37.3 Å². The highest BCUT2D eigenvalue weighted by molar-refractivity contribution is 5.83. The molecule has 0 aliphatic rings. The van der Waals surface area contributed by atoms with Crippen molar-refractivity contribution >= 4 is 18.0 Å². The number of carbonyl (C=O) groups excluding carboxylic acids is 3. The summed E-state index contributed by atoms with van der Waals surface area (Å²) in [5, 5.41) is 2.59. The number of unbranched alkanes of at least 4 members (excludes halogenated alkanes) is 1. The Morgan fingerprint density at radius 3 is 2.00 bits per heavy atom. The molecule has 2 atom stereocenters. The molecule has 0 bridgehead atoms. The van der Waals surface area contributed by atoms with Crippen molar-refractivity contribution in [1.82, 2.24) is 5.32 Å². The highest BCUT2D eigenvalue weighted by Crippen LogP contribution is 2.22. The van der Waals surface area contributed by atoms with Gasteiger partial charge in [0.15, 0.2) is 0 Å². The number of esters is 2. The van der Waals surface area contributed by atoms with Crippen LogP contribution >= 0.6 is 0 Å². The van der Waals surface area contributed by atoms with E-state index in [-0.39, 0.29) is 19.0 Å². The lowest BCUT2D eigenvalue weighted by atomic mass is 9.94. The molecule has 0 aromatic heterocycles. The Morgan fingerprint density at radius 1 is 0.906 bits per heavy atom. The molecular formula is C25H39NO6. The topological polar surface area (TPSA) is 90.9 Å². The van der Waals surface area contributed by atoms with E-state index >= 15 is 0 Å². The maximum Gasteiger partial charge on any atom is 0.408 e. The third kappa shape index (κ3) is 11.7. The van der Waals surface area contributed by atoms with E-state index in [1.54, 1.807) is 41.5 Å². The van der Waals surface area contributed by atoms with E-state index in [1.165, 1.54) is 0 Å². The summed E-state index contributed by atoms with van der Waals surface area (Å²) >= 11 is 0. The van der Waals surface area contributed by atoms with Crippen molar-refractivity contribution in [2.24, 2.45) is 5.92 Å². The van der Waals surface area contributed by atoms with Crippen LogP contribution in [0.2, 0.25) is 0 Å². The number of ether oxygens (including phenoxy) is 3. The first-order valence-electron chi connectivity index (χ1n) is 11.2. The monoisotopic (exact) mass is 449 g/mol. The van der Waals surface area contributed by atoms with Crippen LogP contribution < -0.4 is 5.32 Å². The van der Waals surface area contributed by atoms with Gasteiger partial charge in [-0.15, -0.1) is 0 Å². The van der Waals surface area contributed by atoms with Gasteiger partial charge in [-0.1, -0.05) is 50.1 Å². The van der Waals surface area contributed by atoms with Crippen LogP contribution in [0.5, 0.6) is 0 Å². The molecule has 0 heterocycles. The second kappa shape index (κ2) is 12.5. The minimum atomic E-state index is -1.04. The first kappa shape index (κ1) is 27.5. The minimum Gasteiger partial charge on any atom is -0.460 e. The molecule has 0 fully saturated rings. The van der Waals surface area contributed by atoms with E-state index in [0.717, 1.165) is 18.4 Å². The summed E-state index contributed by atoms with van der Waals surface area (Å²) in [4.78, 5) is 38.1. The molecule has 1 aromatic rings. The first-order chi connectivity index (χ1) is 14.8. The third-order valence-electron chi connectivity index (χ3n) is 4.36. The van der Waals surface area contributed by atoms with Gasteiger partial charge in [0.05, 0.1) is 5.92 Å². The standard InChI is InChI=1S/C25H39NO6/c1-8-9-15-19(21(27)31-24(2,3)4)16-20(22(28)32-25(5,6)7)26-23(29)30-17-18-13-11-10-12-14-18/h10-14,19-20H,8-9,15-17H2,1-7H3,(H,26,29)/t19-,20-/m0/s1. The predicted molar refractivity (Wildman–Crippen MR) is 123 cm³/mol. The number of amides is 1. The molecule has 0 radical (unpaired) electrons. The molecule has 1 N–H and O–H groups in total. The second-order valence-corrected chi connectivity index (χ2v) is 9.90. The quantitative estimate of drug-likeness (QED) is 0.392. The van der Waals surface area contributed by atoms with Crippen molar-refractivity contribution in [3.8, 4) is 0 Å². The Labute approximate surface area is 192 Å². The fourth-order valence-electron chi connectivity index (χ4n) is 2.95. The van der Waals surface area contributed by atoms with E-state index in [2.05, 4.69) is 5.32 Å². The normalized spacial score (nSPS) is 13.6. The molecular weight excluding hydrogens is 410 g/mol. The predicted octanol–water partition coefficient (Wildman–Crippen LogP) is 5.16. The number of carbonyl (C=O) groups is 3. The van der Waals surface area contributed by atoms with Crippen LogP contribution in [0.3, 0.4) is 0 Å². The van der Waals surface area contributed by atoms with Crippen molar-refractivity contribution in [1.29, 1.82) is 0 Å². The number of benzene rings is 1. The molecule has 1 aromatic carbocycles. The Kier molecular flexibility index (Phi) is 10.7. The van der Waals surface area contributed by atoms with Gasteiger partial charge in [0.25, 0.3) is 0 Å². The summed E-state index contributed by atoms with van der Waals surface area (Å²) in [5.41, 5.74) is -0.563. The molecule has 0 saturated heterocycles. The zero-order valence-corrected chi connectivity index (χ0v) is 20.5. The van der Waals surface area contributed by atoms with Crippen LogP contribution in [0.4, 0.5) is 4.79 Å². The van der Waals surface area contributed by atoms with Gasteiger partial charge in [-0.25, -0.2) is 9.59 Å². The molecule has 32 heavy (non-hydrogen) atoms. The number of hydrogen-bond donors (Lipinski definition) is 1. The highest BCUT2D eigenvalue weighted by atomic mass is 16.6. The lowest BCUT2D eigenvalue weighted by Crippen LogP contribution is -2.46. The summed E-state index contributed by atoms with van der Waals surface area (Å²) in [6.45, 7) is 12.7. The summed E-state index contributed by atoms with van der Waals surface area (Å²) in [6.07, 6.45) is 1.56. The van der Waals surface area contributed by atoms with Gasteiger partial charge in [0.1, 0.15) is 23.9 Å². The number of hydrogen-bond acceptors (Lipinski definition) is 6.